The Hall–Kier alpha value is -2.26. The second-order valence-corrected chi connectivity index (χ2v) is 7.17. The minimum Gasteiger partial charge on any atom is -0.391 e. The number of aromatic amines is 1. The summed E-state index contributed by atoms with van der Waals surface area (Å²) < 4.78 is 0. The number of aromatic nitrogens is 3. The Labute approximate surface area is 142 Å². The Morgan fingerprint density at radius 3 is 3.08 bits per heavy atom. The number of thioether (sulfide) groups is 1. The predicted octanol–water partition coefficient (Wildman–Crippen LogP) is 0.233. The molecule has 24 heavy (non-hydrogen) atoms. The first-order valence-corrected chi connectivity index (χ1v) is 8.68. The lowest BCUT2D eigenvalue weighted by atomic mass is 10.2. The molecule has 1 amide bonds. The SMILES string of the molecule is NC(=O)C1=CNCC(c2nc(N3CC[C@H](O)C3)nc3[nH]ccc23)S1. The van der Waals surface area contributed by atoms with Crippen molar-refractivity contribution in [1.29, 1.82) is 0 Å². The van der Waals surface area contributed by atoms with E-state index in [0.717, 1.165) is 29.7 Å². The quantitative estimate of drug-likeness (QED) is 0.628. The molecule has 2 aliphatic rings. The van der Waals surface area contributed by atoms with Crippen molar-refractivity contribution in [2.45, 2.75) is 17.8 Å². The van der Waals surface area contributed by atoms with Crippen LogP contribution in [0.4, 0.5) is 5.95 Å². The number of H-pyrrole nitrogens is 1. The molecule has 2 aliphatic heterocycles. The maximum atomic E-state index is 11.5. The predicted molar refractivity (Wildman–Crippen MR) is 92.3 cm³/mol. The van der Waals surface area contributed by atoms with Crippen molar-refractivity contribution in [2.24, 2.45) is 5.73 Å². The first-order valence-electron chi connectivity index (χ1n) is 7.80. The summed E-state index contributed by atoms with van der Waals surface area (Å²) in [5, 5.41) is 13.8. The summed E-state index contributed by atoms with van der Waals surface area (Å²) in [6, 6.07) is 1.94. The van der Waals surface area contributed by atoms with Gasteiger partial charge in [0.15, 0.2) is 0 Å². The standard InChI is InChI=1S/C15H18N6O2S/c16-13(23)11-6-17-5-10(24-11)12-9-1-3-18-14(9)20-15(19-12)21-4-2-8(22)7-21/h1,3,6,8,10,17,22H,2,4-5,7H2,(H2,16,23)(H,18,19,20)/t8-,10?/m0/s1. The van der Waals surface area contributed by atoms with Crippen LogP contribution in [0.15, 0.2) is 23.4 Å². The highest BCUT2D eigenvalue weighted by molar-refractivity contribution is 8.04. The van der Waals surface area contributed by atoms with E-state index in [0.29, 0.717) is 23.9 Å². The van der Waals surface area contributed by atoms with Gasteiger partial charge in [0.25, 0.3) is 5.91 Å². The largest absolute Gasteiger partial charge is 0.391 e. The number of primary amides is 1. The van der Waals surface area contributed by atoms with E-state index in [1.165, 1.54) is 11.8 Å². The number of aliphatic hydroxyl groups excluding tert-OH is 1. The Bertz CT molecular complexity index is 819. The van der Waals surface area contributed by atoms with Gasteiger partial charge in [0, 0.05) is 37.4 Å². The fourth-order valence-corrected chi connectivity index (χ4v) is 4.08. The van der Waals surface area contributed by atoms with Crippen LogP contribution in [-0.4, -0.2) is 51.7 Å². The summed E-state index contributed by atoms with van der Waals surface area (Å²) in [7, 11) is 0. The van der Waals surface area contributed by atoms with Crippen LogP contribution in [0.25, 0.3) is 11.0 Å². The molecule has 8 nitrogen and oxygen atoms in total. The number of carbonyl (C=O) groups is 1. The smallest absolute Gasteiger partial charge is 0.256 e. The lowest BCUT2D eigenvalue weighted by Crippen LogP contribution is -2.27. The zero-order valence-corrected chi connectivity index (χ0v) is 13.7. The Morgan fingerprint density at radius 1 is 1.46 bits per heavy atom. The molecule has 2 aromatic heterocycles. The number of carbonyl (C=O) groups excluding carboxylic acids is 1. The minimum atomic E-state index is -0.445. The summed E-state index contributed by atoms with van der Waals surface area (Å²) in [5.41, 5.74) is 7.02. The van der Waals surface area contributed by atoms with Gasteiger partial charge in [0.05, 0.1) is 22.0 Å². The van der Waals surface area contributed by atoms with Gasteiger partial charge in [-0.1, -0.05) is 0 Å². The normalized spacial score (nSPS) is 24.0. The van der Waals surface area contributed by atoms with Crippen LogP contribution >= 0.6 is 11.8 Å². The molecule has 126 valence electrons. The van der Waals surface area contributed by atoms with Gasteiger partial charge in [0.1, 0.15) is 5.65 Å². The van der Waals surface area contributed by atoms with Gasteiger partial charge >= 0.3 is 0 Å². The molecule has 1 unspecified atom stereocenters. The molecule has 0 saturated carbocycles. The Balaban J connectivity index is 1.73. The summed E-state index contributed by atoms with van der Waals surface area (Å²) in [4.78, 5) is 26.4. The highest BCUT2D eigenvalue weighted by Gasteiger charge is 2.28. The number of nitrogens with zero attached hydrogens (tertiary/aromatic N) is 3. The molecule has 0 radical (unpaired) electrons. The zero-order valence-electron chi connectivity index (χ0n) is 12.9. The van der Waals surface area contributed by atoms with E-state index in [4.69, 9.17) is 10.7 Å². The molecular formula is C15H18N6O2S. The third kappa shape index (κ3) is 2.69. The van der Waals surface area contributed by atoms with Crippen molar-refractivity contribution in [2.75, 3.05) is 24.5 Å². The average molecular weight is 346 g/mol. The number of hydrogen-bond donors (Lipinski definition) is 4. The van der Waals surface area contributed by atoms with Gasteiger partial charge in [-0.15, -0.1) is 11.8 Å². The number of nitrogens with two attached hydrogens (primary N) is 1. The minimum absolute atomic E-state index is 0.0370. The second-order valence-electron chi connectivity index (χ2n) is 5.92. The average Bonchev–Trinajstić information content (AvgIpc) is 3.22. The van der Waals surface area contributed by atoms with Gasteiger partial charge in [0.2, 0.25) is 5.95 Å². The van der Waals surface area contributed by atoms with Crippen LogP contribution in [0.5, 0.6) is 0 Å². The van der Waals surface area contributed by atoms with Crippen molar-refractivity contribution < 1.29 is 9.90 Å². The van der Waals surface area contributed by atoms with E-state index in [1.807, 2.05) is 17.2 Å². The van der Waals surface area contributed by atoms with Crippen LogP contribution < -0.4 is 16.0 Å². The van der Waals surface area contributed by atoms with Gasteiger partial charge in [-0.2, -0.15) is 4.98 Å². The van der Waals surface area contributed by atoms with Crippen molar-refractivity contribution in [3.05, 3.63) is 29.1 Å². The third-order valence-corrected chi connectivity index (χ3v) is 5.48. The van der Waals surface area contributed by atoms with Gasteiger partial charge in [-0.25, -0.2) is 4.98 Å². The molecule has 0 aromatic carbocycles. The highest BCUT2D eigenvalue weighted by atomic mass is 32.2. The first kappa shape index (κ1) is 15.3. The van der Waals surface area contributed by atoms with Crippen molar-refractivity contribution >= 4 is 34.7 Å². The van der Waals surface area contributed by atoms with E-state index in [2.05, 4.69) is 15.3 Å². The molecule has 0 bridgehead atoms. The Kier molecular flexibility index (Phi) is 3.81. The summed E-state index contributed by atoms with van der Waals surface area (Å²) in [6.07, 6.45) is 3.86. The molecule has 4 rings (SSSR count). The number of rotatable bonds is 3. The Morgan fingerprint density at radius 2 is 2.33 bits per heavy atom. The summed E-state index contributed by atoms with van der Waals surface area (Å²) >= 11 is 1.41. The molecule has 1 fully saturated rings. The molecule has 0 spiro atoms. The second kappa shape index (κ2) is 5.99. The fourth-order valence-electron chi connectivity index (χ4n) is 3.03. The van der Waals surface area contributed by atoms with Crippen molar-refractivity contribution in [1.82, 2.24) is 20.3 Å². The number of fused-ring (bicyclic) bond motifs is 1. The fraction of sp³-hybridized carbons (Fsp3) is 0.400. The van der Waals surface area contributed by atoms with E-state index < -0.39 is 5.91 Å². The number of anilines is 1. The maximum Gasteiger partial charge on any atom is 0.256 e. The summed E-state index contributed by atoms with van der Waals surface area (Å²) in [5.74, 6) is 0.159. The maximum absolute atomic E-state index is 11.5. The topological polar surface area (TPSA) is 120 Å². The van der Waals surface area contributed by atoms with Gasteiger partial charge in [-0.3, -0.25) is 4.79 Å². The number of nitrogens with one attached hydrogen (secondary N) is 2. The van der Waals surface area contributed by atoms with E-state index in [1.54, 1.807) is 6.20 Å². The number of β-amino-alcohol motifs (C(OH)–C–C–N with tert-alkyl or cyclic N) is 1. The molecule has 1 saturated heterocycles. The van der Waals surface area contributed by atoms with Crippen LogP contribution in [0.2, 0.25) is 0 Å². The first-order chi connectivity index (χ1) is 11.6. The van der Waals surface area contributed by atoms with Gasteiger partial charge < -0.3 is 26.0 Å². The van der Waals surface area contributed by atoms with Crippen molar-refractivity contribution in [3.8, 4) is 0 Å². The monoisotopic (exact) mass is 346 g/mol. The molecule has 9 heteroatoms. The van der Waals surface area contributed by atoms with Crippen LogP contribution in [0.1, 0.15) is 17.4 Å². The van der Waals surface area contributed by atoms with E-state index in [9.17, 15) is 9.90 Å². The van der Waals surface area contributed by atoms with E-state index in [-0.39, 0.29) is 11.4 Å². The molecule has 2 atom stereocenters. The third-order valence-electron chi connectivity index (χ3n) is 4.23. The van der Waals surface area contributed by atoms with Gasteiger partial charge in [-0.05, 0) is 12.5 Å². The highest BCUT2D eigenvalue weighted by Crippen LogP contribution is 2.38. The van der Waals surface area contributed by atoms with Crippen LogP contribution in [-0.2, 0) is 4.79 Å². The zero-order chi connectivity index (χ0) is 16.7. The lowest BCUT2D eigenvalue weighted by Gasteiger charge is -2.23. The molecule has 0 aliphatic carbocycles. The lowest BCUT2D eigenvalue weighted by molar-refractivity contribution is -0.113. The molecular weight excluding hydrogens is 328 g/mol. The van der Waals surface area contributed by atoms with Crippen LogP contribution in [0, 0.1) is 0 Å². The van der Waals surface area contributed by atoms with Crippen LogP contribution in [0.3, 0.4) is 0 Å². The number of amides is 1. The van der Waals surface area contributed by atoms with E-state index >= 15 is 0 Å². The number of hydrogen-bond acceptors (Lipinski definition) is 7. The molecule has 2 aromatic rings. The van der Waals surface area contributed by atoms with Crippen molar-refractivity contribution in [3.63, 3.8) is 0 Å². The molecule has 5 N–H and O–H groups in total. The summed E-state index contributed by atoms with van der Waals surface area (Å²) in [6.45, 7) is 1.92. The molecule has 4 heterocycles. The number of aliphatic hydroxyl groups is 1.